The second kappa shape index (κ2) is 4.63. The zero-order chi connectivity index (χ0) is 12.3. The molecule has 1 rings (SSSR count). The van der Waals surface area contributed by atoms with Crippen molar-refractivity contribution in [2.45, 2.75) is 33.7 Å². The highest BCUT2D eigenvalue weighted by Crippen LogP contribution is 2.23. The molecule has 1 atom stereocenters. The number of nitrogens with zero attached hydrogens (tertiary/aromatic N) is 2. The van der Waals surface area contributed by atoms with Crippen LogP contribution in [0.5, 0.6) is 0 Å². The molecule has 90 valence electrons. The van der Waals surface area contributed by atoms with Crippen molar-refractivity contribution >= 4 is 11.8 Å². The number of hydrogen-bond donors (Lipinski definition) is 2. The van der Waals surface area contributed by atoms with Crippen molar-refractivity contribution in [3.8, 4) is 0 Å². The summed E-state index contributed by atoms with van der Waals surface area (Å²) < 4.78 is 13.4. The fraction of sp³-hybridized carbons (Fsp3) is 0.636. The van der Waals surface area contributed by atoms with Crippen LogP contribution >= 0.6 is 0 Å². The summed E-state index contributed by atoms with van der Waals surface area (Å²) in [6.07, 6.45) is 1.16. The van der Waals surface area contributed by atoms with E-state index in [1.54, 1.807) is 7.05 Å². The molecule has 0 spiro atoms. The molecule has 0 aliphatic carbocycles. The first kappa shape index (κ1) is 12.7. The molecule has 2 N–H and O–H groups in total. The van der Waals surface area contributed by atoms with Crippen LogP contribution in [0.4, 0.5) is 16.2 Å². The van der Waals surface area contributed by atoms with Crippen molar-refractivity contribution in [2.75, 3.05) is 17.7 Å². The lowest BCUT2D eigenvalue weighted by Gasteiger charge is -2.28. The number of aromatic nitrogens is 2. The Bertz CT molecular complexity index is 359. The van der Waals surface area contributed by atoms with Gasteiger partial charge >= 0.3 is 0 Å². The Hall–Kier alpha value is -1.39. The van der Waals surface area contributed by atoms with Crippen LogP contribution in [0.15, 0.2) is 6.20 Å². The molecule has 5 heteroatoms. The molecule has 16 heavy (non-hydrogen) atoms. The number of halogens is 1. The number of rotatable bonds is 3. The lowest BCUT2D eigenvalue weighted by Crippen LogP contribution is -2.31. The lowest BCUT2D eigenvalue weighted by atomic mass is 9.88. The van der Waals surface area contributed by atoms with E-state index in [0.717, 1.165) is 6.20 Å². The molecular formula is C11H19FN4. The molecule has 0 aliphatic heterocycles. The summed E-state index contributed by atoms with van der Waals surface area (Å²) in [5, 5.41) is 5.84. The molecule has 1 heterocycles. The van der Waals surface area contributed by atoms with Crippen molar-refractivity contribution in [2.24, 2.45) is 5.41 Å². The highest BCUT2D eigenvalue weighted by molar-refractivity contribution is 5.41. The van der Waals surface area contributed by atoms with Crippen LogP contribution < -0.4 is 10.6 Å². The summed E-state index contributed by atoms with van der Waals surface area (Å²) >= 11 is 0. The summed E-state index contributed by atoms with van der Waals surface area (Å²) in [7, 11) is 1.70. The van der Waals surface area contributed by atoms with E-state index in [4.69, 9.17) is 0 Å². The molecule has 0 radical (unpaired) electrons. The van der Waals surface area contributed by atoms with Crippen molar-refractivity contribution in [3.05, 3.63) is 12.0 Å². The third-order valence-electron chi connectivity index (χ3n) is 2.62. The van der Waals surface area contributed by atoms with Crippen molar-refractivity contribution in [1.29, 1.82) is 0 Å². The summed E-state index contributed by atoms with van der Waals surface area (Å²) in [4.78, 5) is 7.83. The Balaban J connectivity index is 2.88. The van der Waals surface area contributed by atoms with Gasteiger partial charge in [0.25, 0.3) is 0 Å². The van der Waals surface area contributed by atoms with E-state index in [2.05, 4.69) is 41.4 Å². The van der Waals surface area contributed by atoms with Gasteiger partial charge in [0.1, 0.15) is 0 Å². The van der Waals surface area contributed by atoms with Crippen LogP contribution in [0.3, 0.4) is 0 Å². The summed E-state index contributed by atoms with van der Waals surface area (Å²) in [5.41, 5.74) is 0.0389. The summed E-state index contributed by atoms with van der Waals surface area (Å²) in [6, 6.07) is 0.113. The maximum atomic E-state index is 13.4. The van der Waals surface area contributed by atoms with Gasteiger partial charge in [-0.25, -0.2) is 9.37 Å². The van der Waals surface area contributed by atoms with Gasteiger partial charge in [-0.3, -0.25) is 0 Å². The van der Waals surface area contributed by atoms with Gasteiger partial charge in [-0.1, -0.05) is 20.8 Å². The van der Waals surface area contributed by atoms with Gasteiger partial charge in [-0.15, -0.1) is 0 Å². The van der Waals surface area contributed by atoms with Crippen LogP contribution in [0.2, 0.25) is 0 Å². The van der Waals surface area contributed by atoms with Crippen LogP contribution in [0.1, 0.15) is 27.7 Å². The Morgan fingerprint density at radius 1 is 1.38 bits per heavy atom. The quantitative estimate of drug-likeness (QED) is 0.831. The molecule has 1 unspecified atom stereocenters. The Kier molecular flexibility index (Phi) is 3.67. The van der Waals surface area contributed by atoms with Gasteiger partial charge in [0.15, 0.2) is 11.6 Å². The fourth-order valence-corrected chi connectivity index (χ4v) is 1.01. The molecule has 0 saturated carbocycles. The van der Waals surface area contributed by atoms with Gasteiger partial charge in [-0.2, -0.15) is 4.98 Å². The summed E-state index contributed by atoms with van der Waals surface area (Å²) in [5.74, 6) is 0.210. The first-order valence-electron chi connectivity index (χ1n) is 5.31. The molecule has 0 fully saturated rings. The van der Waals surface area contributed by atoms with E-state index in [1.165, 1.54) is 0 Å². The zero-order valence-electron chi connectivity index (χ0n) is 10.4. The van der Waals surface area contributed by atoms with Crippen LogP contribution in [-0.2, 0) is 0 Å². The van der Waals surface area contributed by atoms with Gasteiger partial charge in [0.2, 0.25) is 5.95 Å². The van der Waals surface area contributed by atoms with E-state index >= 15 is 0 Å². The van der Waals surface area contributed by atoms with Gasteiger partial charge in [-0.05, 0) is 12.3 Å². The standard InChI is InChI=1S/C11H19FN4/c1-7(11(2,3)4)15-9-8(12)6-14-10(13-5)16-9/h6-7H,1-5H3,(H2,13,14,15,16). The molecule has 0 amide bonds. The van der Waals surface area contributed by atoms with E-state index in [0.29, 0.717) is 5.95 Å². The fourth-order valence-electron chi connectivity index (χ4n) is 1.01. The molecule has 0 saturated heterocycles. The molecular weight excluding hydrogens is 207 g/mol. The molecule has 0 aliphatic rings. The van der Waals surface area contributed by atoms with E-state index in [1.807, 2.05) is 6.92 Å². The largest absolute Gasteiger partial charge is 0.364 e. The molecule has 1 aromatic rings. The van der Waals surface area contributed by atoms with Crippen molar-refractivity contribution in [1.82, 2.24) is 9.97 Å². The van der Waals surface area contributed by atoms with Gasteiger partial charge < -0.3 is 10.6 Å². The minimum Gasteiger partial charge on any atom is -0.364 e. The predicted molar refractivity (Wildman–Crippen MR) is 64.1 cm³/mol. The molecule has 4 nitrogen and oxygen atoms in total. The second-order valence-electron chi connectivity index (χ2n) is 4.87. The van der Waals surface area contributed by atoms with E-state index < -0.39 is 5.82 Å². The molecule has 0 aromatic carbocycles. The lowest BCUT2D eigenvalue weighted by molar-refractivity contribution is 0.357. The molecule has 1 aromatic heterocycles. The first-order valence-corrected chi connectivity index (χ1v) is 5.31. The van der Waals surface area contributed by atoms with Crippen LogP contribution in [0, 0.1) is 11.2 Å². The SMILES string of the molecule is CNc1ncc(F)c(NC(C)C(C)(C)C)n1. The monoisotopic (exact) mass is 226 g/mol. The molecule has 0 bridgehead atoms. The third-order valence-corrected chi connectivity index (χ3v) is 2.62. The van der Waals surface area contributed by atoms with E-state index in [-0.39, 0.29) is 17.3 Å². The van der Waals surface area contributed by atoms with Crippen molar-refractivity contribution < 1.29 is 4.39 Å². The highest BCUT2D eigenvalue weighted by Gasteiger charge is 2.21. The van der Waals surface area contributed by atoms with Gasteiger partial charge in [0.05, 0.1) is 6.20 Å². The smallest absolute Gasteiger partial charge is 0.224 e. The maximum absolute atomic E-state index is 13.4. The van der Waals surface area contributed by atoms with Crippen LogP contribution in [-0.4, -0.2) is 23.1 Å². The maximum Gasteiger partial charge on any atom is 0.224 e. The first-order chi connectivity index (χ1) is 7.34. The van der Waals surface area contributed by atoms with Crippen LogP contribution in [0.25, 0.3) is 0 Å². The minimum absolute atomic E-state index is 0.0389. The Morgan fingerprint density at radius 3 is 2.50 bits per heavy atom. The third kappa shape index (κ3) is 3.05. The second-order valence-corrected chi connectivity index (χ2v) is 4.87. The highest BCUT2D eigenvalue weighted by atomic mass is 19.1. The van der Waals surface area contributed by atoms with Gasteiger partial charge in [0, 0.05) is 13.1 Å². The average molecular weight is 226 g/mol. The number of hydrogen-bond acceptors (Lipinski definition) is 4. The topological polar surface area (TPSA) is 49.8 Å². The van der Waals surface area contributed by atoms with E-state index in [9.17, 15) is 4.39 Å². The predicted octanol–water partition coefficient (Wildman–Crippen LogP) is 2.50. The Morgan fingerprint density at radius 2 is 2.00 bits per heavy atom. The Labute approximate surface area is 95.7 Å². The average Bonchev–Trinajstić information content (AvgIpc) is 2.19. The zero-order valence-corrected chi connectivity index (χ0v) is 10.4. The number of anilines is 2. The minimum atomic E-state index is -0.435. The number of nitrogens with one attached hydrogen (secondary N) is 2. The van der Waals surface area contributed by atoms with Crippen molar-refractivity contribution in [3.63, 3.8) is 0 Å². The summed E-state index contributed by atoms with van der Waals surface area (Å²) in [6.45, 7) is 8.26. The normalized spacial score (nSPS) is 13.4.